The second-order valence-electron chi connectivity index (χ2n) is 5.01. The third kappa shape index (κ3) is 3.09. The molecular weight excluding hydrogens is 330 g/mol. The number of amides is 1. The smallest absolute Gasteiger partial charge is 0.273 e. The van der Waals surface area contributed by atoms with Crippen LogP contribution < -0.4 is 5.32 Å². The fraction of sp³-hybridized carbons (Fsp3) is 0.538. The normalized spacial score (nSPS) is 25.6. The van der Waals surface area contributed by atoms with Gasteiger partial charge in [0.1, 0.15) is 5.69 Å². The van der Waals surface area contributed by atoms with Crippen LogP contribution in [-0.2, 0) is 0 Å². The molecule has 2 unspecified atom stereocenters. The van der Waals surface area contributed by atoms with E-state index in [0.717, 1.165) is 24.0 Å². The van der Waals surface area contributed by atoms with Gasteiger partial charge in [0.15, 0.2) is 0 Å². The van der Waals surface area contributed by atoms with Crippen LogP contribution in [0, 0.1) is 0 Å². The van der Waals surface area contributed by atoms with E-state index in [1.54, 1.807) is 6.20 Å². The average Bonchev–Trinajstić information content (AvgIpc) is 2.69. The van der Waals surface area contributed by atoms with Crippen molar-refractivity contribution in [1.29, 1.82) is 0 Å². The van der Waals surface area contributed by atoms with E-state index in [0.29, 0.717) is 17.8 Å². The first-order valence-electron chi connectivity index (χ1n) is 6.40. The summed E-state index contributed by atoms with van der Waals surface area (Å²) in [6.07, 6.45) is 5.14. The van der Waals surface area contributed by atoms with Crippen molar-refractivity contribution in [1.82, 2.24) is 15.2 Å². The Morgan fingerprint density at radius 2 is 2.16 bits per heavy atom. The summed E-state index contributed by atoms with van der Waals surface area (Å²) in [4.78, 5) is 18.6. The fourth-order valence-electron chi connectivity index (χ4n) is 2.82. The number of halogens is 2. The van der Waals surface area contributed by atoms with Gasteiger partial charge in [0.05, 0.1) is 0 Å². The van der Waals surface area contributed by atoms with E-state index in [9.17, 15) is 4.79 Å². The highest BCUT2D eigenvalue weighted by molar-refractivity contribution is 9.10. The highest BCUT2D eigenvalue weighted by Crippen LogP contribution is 2.22. The molecule has 1 N–H and O–H groups in total. The van der Waals surface area contributed by atoms with Crippen molar-refractivity contribution in [2.45, 2.75) is 31.3 Å². The summed E-state index contributed by atoms with van der Waals surface area (Å²) in [5.74, 6) is 0.0387. The van der Waals surface area contributed by atoms with Crippen molar-refractivity contribution in [3.8, 4) is 0 Å². The number of likely N-dealkylation sites (tertiary alicyclic amines) is 1. The Bertz CT molecular complexity index is 471. The monoisotopic (exact) mass is 345 g/mol. The molecule has 3 heterocycles. The zero-order valence-electron chi connectivity index (χ0n) is 10.5. The minimum absolute atomic E-state index is 0. The molecule has 2 atom stereocenters. The highest BCUT2D eigenvalue weighted by atomic mass is 79.9. The maximum Gasteiger partial charge on any atom is 0.273 e. The number of hydrogen-bond acceptors (Lipinski definition) is 3. The molecule has 3 rings (SSSR count). The molecule has 1 aromatic rings. The maximum absolute atomic E-state index is 12.5. The number of fused-ring (bicyclic) bond motifs is 2. The van der Waals surface area contributed by atoms with Crippen LogP contribution in [0.15, 0.2) is 22.8 Å². The molecule has 2 fully saturated rings. The van der Waals surface area contributed by atoms with Gasteiger partial charge in [-0.05, 0) is 47.3 Å². The minimum Gasteiger partial charge on any atom is -0.336 e. The molecule has 0 saturated carbocycles. The van der Waals surface area contributed by atoms with Crippen LogP contribution >= 0.6 is 28.3 Å². The number of nitrogens with one attached hydrogen (secondary N) is 1. The van der Waals surface area contributed by atoms with Gasteiger partial charge in [0.2, 0.25) is 0 Å². The summed E-state index contributed by atoms with van der Waals surface area (Å²) in [5, 5.41) is 3.58. The van der Waals surface area contributed by atoms with E-state index in [1.807, 2.05) is 17.0 Å². The zero-order chi connectivity index (χ0) is 12.5. The van der Waals surface area contributed by atoms with Gasteiger partial charge in [-0.25, -0.2) is 4.98 Å². The summed E-state index contributed by atoms with van der Waals surface area (Å²) in [7, 11) is 0. The van der Waals surface area contributed by atoms with Gasteiger partial charge < -0.3 is 10.2 Å². The van der Waals surface area contributed by atoms with Gasteiger partial charge in [-0.2, -0.15) is 0 Å². The second kappa shape index (κ2) is 6.20. The Morgan fingerprint density at radius 3 is 2.95 bits per heavy atom. The molecule has 2 saturated heterocycles. The van der Waals surface area contributed by atoms with Crippen LogP contribution in [0.5, 0.6) is 0 Å². The topological polar surface area (TPSA) is 45.2 Å². The Labute approximate surface area is 127 Å². The molecule has 2 bridgehead atoms. The van der Waals surface area contributed by atoms with Gasteiger partial charge >= 0.3 is 0 Å². The van der Waals surface area contributed by atoms with Gasteiger partial charge in [0.25, 0.3) is 5.91 Å². The molecule has 19 heavy (non-hydrogen) atoms. The highest BCUT2D eigenvalue weighted by Gasteiger charge is 2.32. The Morgan fingerprint density at radius 1 is 1.37 bits per heavy atom. The van der Waals surface area contributed by atoms with Crippen LogP contribution in [0.1, 0.15) is 29.8 Å². The standard InChI is InChI=1S/C13H16BrN3O.ClH/c14-11-2-1-6-15-12(11)13(18)17-7-5-9-3-4-10(8-17)16-9;/h1-2,6,9-10,16H,3-5,7-8H2;1H. The maximum atomic E-state index is 12.5. The molecule has 0 aromatic carbocycles. The van der Waals surface area contributed by atoms with Crippen molar-refractivity contribution in [2.75, 3.05) is 13.1 Å². The van der Waals surface area contributed by atoms with Gasteiger partial charge in [-0.3, -0.25) is 4.79 Å². The first-order chi connectivity index (χ1) is 8.74. The Balaban J connectivity index is 0.00000133. The number of hydrogen-bond donors (Lipinski definition) is 1. The van der Waals surface area contributed by atoms with E-state index in [2.05, 4.69) is 26.2 Å². The lowest BCUT2D eigenvalue weighted by atomic mass is 10.1. The van der Waals surface area contributed by atoms with Crippen LogP contribution in [0.4, 0.5) is 0 Å². The van der Waals surface area contributed by atoms with E-state index >= 15 is 0 Å². The predicted octanol–water partition coefficient (Wildman–Crippen LogP) is 2.23. The van der Waals surface area contributed by atoms with E-state index in [-0.39, 0.29) is 18.3 Å². The number of rotatable bonds is 1. The van der Waals surface area contributed by atoms with E-state index in [1.165, 1.54) is 12.8 Å². The molecule has 104 valence electrons. The van der Waals surface area contributed by atoms with Crippen molar-refractivity contribution in [3.05, 3.63) is 28.5 Å². The Kier molecular flexibility index (Phi) is 4.81. The second-order valence-corrected chi connectivity index (χ2v) is 5.87. The van der Waals surface area contributed by atoms with Gasteiger partial charge in [0, 0.05) is 35.8 Å². The third-order valence-electron chi connectivity index (χ3n) is 3.77. The molecule has 1 aromatic heterocycles. The quantitative estimate of drug-likeness (QED) is 0.848. The molecule has 1 amide bonds. The molecule has 2 aliphatic heterocycles. The minimum atomic E-state index is 0. The number of nitrogens with zero attached hydrogens (tertiary/aromatic N) is 2. The molecule has 6 heteroatoms. The lowest BCUT2D eigenvalue weighted by Crippen LogP contribution is -2.39. The zero-order valence-corrected chi connectivity index (χ0v) is 12.9. The fourth-order valence-corrected chi connectivity index (χ4v) is 3.24. The summed E-state index contributed by atoms with van der Waals surface area (Å²) in [6.45, 7) is 1.63. The van der Waals surface area contributed by atoms with Crippen LogP contribution in [0.25, 0.3) is 0 Å². The SMILES string of the molecule is Cl.O=C(c1ncccc1Br)N1CCC2CCC(C1)N2. The van der Waals surface area contributed by atoms with Crippen LogP contribution in [0.3, 0.4) is 0 Å². The predicted molar refractivity (Wildman–Crippen MR) is 79.7 cm³/mol. The van der Waals surface area contributed by atoms with Crippen molar-refractivity contribution in [2.24, 2.45) is 0 Å². The molecular formula is C13H17BrClN3O. The lowest BCUT2D eigenvalue weighted by Gasteiger charge is -2.24. The van der Waals surface area contributed by atoms with E-state index in [4.69, 9.17) is 0 Å². The molecule has 4 nitrogen and oxygen atoms in total. The first-order valence-corrected chi connectivity index (χ1v) is 7.19. The lowest BCUT2D eigenvalue weighted by molar-refractivity contribution is 0.0741. The van der Waals surface area contributed by atoms with Crippen LogP contribution in [0.2, 0.25) is 0 Å². The molecule has 0 aliphatic carbocycles. The molecule has 0 radical (unpaired) electrons. The summed E-state index contributed by atoms with van der Waals surface area (Å²) >= 11 is 3.40. The van der Waals surface area contributed by atoms with E-state index < -0.39 is 0 Å². The number of pyridine rings is 1. The third-order valence-corrected chi connectivity index (χ3v) is 4.41. The van der Waals surface area contributed by atoms with Gasteiger partial charge in [-0.1, -0.05) is 0 Å². The summed E-state index contributed by atoms with van der Waals surface area (Å²) in [6, 6.07) is 4.75. The summed E-state index contributed by atoms with van der Waals surface area (Å²) < 4.78 is 0.775. The number of carbonyl (C=O) groups is 1. The number of aromatic nitrogens is 1. The molecule has 0 spiro atoms. The van der Waals surface area contributed by atoms with Crippen molar-refractivity contribution >= 4 is 34.2 Å². The Hall–Kier alpha value is -0.650. The first kappa shape index (κ1) is 14.8. The average molecular weight is 347 g/mol. The van der Waals surface area contributed by atoms with Crippen molar-refractivity contribution < 1.29 is 4.79 Å². The largest absolute Gasteiger partial charge is 0.336 e. The number of carbonyl (C=O) groups excluding carboxylic acids is 1. The van der Waals surface area contributed by atoms with Crippen LogP contribution in [-0.4, -0.2) is 41.0 Å². The van der Waals surface area contributed by atoms with Gasteiger partial charge in [-0.15, -0.1) is 12.4 Å². The van der Waals surface area contributed by atoms with Crippen molar-refractivity contribution in [3.63, 3.8) is 0 Å². The molecule has 2 aliphatic rings. The summed E-state index contributed by atoms with van der Waals surface area (Å²) in [5.41, 5.74) is 0.523.